The average Bonchev–Trinajstić information content (AvgIpc) is 2.28. The number of rotatable bonds is 9. The molecule has 0 saturated carbocycles. The number of nitrogens with zero attached hydrogens (tertiary/aromatic N) is 1. The van der Waals surface area contributed by atoms with Gasteiger partial charge in [-0.25, -0.2) is 0 Å². The molecule has 0 aliphatic carbocycles. The third-order valence-corrected chi connectivity index (χ3v) is 2.94. The molecule has 0 spiro atoms. The fraction of sp³-hybridized carbons (Fsp3) is 0.800. The van der Waals surface area contributed by atoms with Gasteiger partial charge in [0.2, 0.25) is 5.91 Å². The lowest BCUT2D eigenvalue weighted by Crippen LogP contribution is -2.33. The quantitative estimate of drug-likeness (QED) is 0.439. The lowest BCUT2D eigenvalue weighted by atomic mass is 10.0. The van der Waals surface area contributed by atoms with E-state index >= 15 is 0 Å². The molecule has 0 aliphatic rings. The highest BCUT2D eigenvalue weighted by Gasteiger charge is 2.11. The highest BCUT2D eigenvalue weighted by molar-refractivity contribution is 5.73. The van der Waals surface area contributed by atoms with Crippen LogP contribution in [0.4, 0.5) is 0 Å². The molecule has 100 valence electrons. The molecule has 0 radical (unpaired) electrons. The smallest absolute Gasteiger partial charge is 0.219 e. The molecule has 0 saturated heterocycles. The van der Waals surface area contributed by atoms with Gasteiger partial charge in [-0.05, 0) is 38.0 Å². The Labute approximate surface area is 107 Å². The molecule has 0 aromatic rings. The molecular formula is C15H29NO. The predicted octanol–water partition coefficient (Wildman–Crippen LogP) is 4.02. The van der Waals surface area contributed by atoms with Crippen LogP contribution in [0, 0.1) is 5.92 Å². The molecule has 0 aromatic carbocycles. The molecule has 2 nitrogen and oxygen atoms in total. The second-order valence-electron chi connectivity index (χ2n) is 4.88. The highest BCUT2D eigenvalue weighted by atomic mass is 16.2. The van der Waals surface area contributed by atoms with Gasteiger partial charge < -0.3 is 4.90 Å². The van der Waals surface area contributed by atoms with Gasteiger partial charge in [0.15, 0.2) is 0 Å². The number of hydrogen-bond acceptors (Lipinski definition) is 1. The summed E-state index contributed by atoms with van der Waals surface area (Å²) in [6.45, 7) is 10.0. The maximum Gasteiger partial charge on any atom is 0.219 e. The topological polar surface area (TPSA) is 20.3 Å². The van der Waals surface area contributed by atoms with Crippen LogP contribution in [0.2, 0.25) is 0 Å². The molecule has 1 amide bonds. The van der Waals surface area contributed by atoms with Gasteiger partial charge in [-0.1, -0.05) is 32.9 Å². The van der Waals surface area contributed by atoms with Gasteiger partial charge in [-0.3, -0.25) is 4.79 Å². The van der Waals surface area contributed by atoms with Gasteiger partial charge >= 0.3 is 0 Å². The Bertz CT molecular complexity index is 223. The Morgan fingerprint density at radius 2 is 2.00 bits per heavy atom. The number of unbranched alkanes of at least 4 members (excludes halogenated alkanes) is 1. The molecule has 1 unspecified atom stereocenters. The lowest BCUT2D eigenvalue weighted by molar-refractivity contribution is -0.129. The van der Waals surface area contributed by atoms with E-state index < -0.39 is 0 Å². The van der Waals surface area contributed by atoms with E-state index in [4.69, 9.17) is 0 Å². The first-order valence-electron chi connectivity index (χ1n) is 7.02. The maximum atomic E-state index is 11.4. The number of hydrogen-bond donors (Lipinski definition) is 0. The van der Waals surface area contributed by atoms with E-state index in [-0.39, 0.29) is 5.91 Å². The zero-order chi connectivity index (χ0) is 13.1. The van der Waals surface area contributed by atoms with E-state index in [0.29, 0.717) is 5.92 Å². The van der Waals surface area contributed by atoms with E-state index in [1.54, 1.807) is 6.92 Å². The van der Waals surface area contributed by atoms with Gasteiger partial charge in [-0.15, -0.1) is 0 Å². The normalized spacial score (nSPS) is 12.9. The predicted molar refractivity (Wildman–Crippen MR) is 75.0 cm³/mol. The first kappa shape index (κ1) is 16.2. The molecule has 2 heteroatoms. The van der Waals surface area contributed by atoms with E-state index in [9.17, 15) is 4.79 Å². The van der Waals surface area contributed by atoms with Gasteiger partial charge in [0.25, 0.3) is 0 Å². The average molecular weight is 239 g/mol. The van der Waals surface area contributed by atoms with Crippen molar-refractivity contribution < 1.29 is 4.79 Å². The van der Waals surface area contributed by atoms with Gasteiger partial charge in [0.1, 0.15) is 0 Å². The van der Waals surface area contributed by atoms with Gasteiger partial charge in [-0.2, -0.15) is 0 Å². The lowest BCUT2D eigenvalue weighted by Gasteiger charge is -2.24. The monoisotopic (exact) mass is 239 g/mol. The highest BCUT2D eigenvalue weighted by Crippen LogP contribution is 2.11. The maximum absolute atomic E-state index is 11.4. The Hall–Kier alpha value is -0.790. The van der Waals surface area contributed by atoms with Crippen molar-refractivity contribution >= 4 is 5.91 Å². The molecular weight excluding hydrogens is 210 g/mol. The third kappa shape index (κ3) is 8.96. The van der Waals surface area contributed by atoms with Crippen molar-refractivity contribution in [1.29, 1.82) is 0 Å². The van der Waals surface area contributed by atoms with Crippen LogP contribution in [-0.2, 0) is 4.79 Å². The largest absolute Gasteiger partial charge is 0.343 e. The van der Waals surface area contributed by atoms with E-state index in [0.717, 1.165) is 25.9 Å². The molecule has 0 aromatic heterocycles. The molecule has 17 heavy (non-hydrogen) atoms. The molecule has 0 N–H and O–H groups in total. The van der Waals surface area contributed by atoms with Crippen LogP contribution in [0.1, 0.15) is 59.8 Å². The summed E-state index contributed by atoms with van der Waals surface area (Å²) in [6.07, 6.45) is 10.3. The zero-order valence-electron chi connectivity index (χ0n) is 12.0. The Morgan fingerprint density at radius 1 is 1.29 bits per heavy atom. The minimum atomic E-state index is 0.213. The van der Waals surface area contributed by atoms with Crippen LogP contribution < -0.4 is 0 Å². The van der Waals surface area contributed by atoms with E-state index in [1.165, 1.54) is 19.3 Å². The second-order valence-corrected chi connectivity index (χ2v) is 4.88. The summed E-state index contributed by atoms with van der Waals surface area (Å²) in [5, 5.41) is 0. The summed E-state index contributed by atoms with van der Waals surface area (Å²) in [6, 6.07) is 0. The molecule has 0 fully saturated rings. The molecule has 0 heterocycles. The fourth-order valence-electron chi connectivity index (χ4n) is 1.98. The van der Waals surface area contributed by atoms with Crippen LogP contribution in [-0.4, -0.2) is 23.9 Å². The zero-order valence-corrected chi connectivity index (χ0v) is 12.0. The van der Waals surface area contributed by atoms with Crippen LogP contribution in [0.25, 0.3) is 0 Å². The number of carbonyl (C=O) groups excluding carboxylic acids is 1. The summed E-state index contributed by atoms with van der Waals surface area (Å²) in [5.74, 6) is 0.824. The first-order valence-corrected chi connectivity index (χ1v) is 7.02. The van der Waals surface area contributed by atoms with Crippen molar-refractivity contribution in [2.75, 3.05) is 13.1 Å². The SMILES string of the molecule is CC/C=C\CCCC(C)CN(CCC)C(C)=O. The minimum absolute atomic E-state index is 0.213. The Kier molecular flexibility index (Phi) is 9.89. The van der Waals surface area contributed by atoms with Gasteiger partial charge in [0.05, 0.1) is 0 Å². The summed E-state index contributed by atoms with van der Waals surface area (Å²) >= 11 is 0. The van der Waals surface area contributed by atoms with Crippen molar-refractivity contribution in [2.45, 2.75) is 59.8 Å². The van der Waals surface area contributed by atoms with E-state index in [1.807, 2.05) is 4.90 Å². The van der Waals surface area contributed by atoms with Crippen LogP contribution in [0.5, 0.6) is 0 Å². The van der Waals surface area contributed by atoms with Crippen molar-refractivity contribution in [3.8, 4) is 0 Å². The number of carbonyl (C=O) groups is 1. The summed E-state index contributed by atoms with van der Waals surface area (Å²) < 4.78 is 0. The molecule has 0 rings (SSSR count). The number of allylic oxidation sites excluding steroid dienone is 2. The Balaban J connectivity index is 3.78. The van der Waals surface area contributed by atoms with Crippen molar-refractivity contribution in [2.24, 2.45) is 5.92 Å². The van der Waals surface area contributed by atoms with Crippen LogP contribution in [0.3, 0.4) is 0 Å². The van der Waals surface area contributed by atoms with Crippen molar-refractivity contribution in [1.82, 2.24) is 4.90 Å². The van der Waals surface area contributed by atoms with Gasteiger partial charge in [0, 0.05) is 20.0 Å². The Morgan fingerprint density at radius 3 is 2.53 bits per heavy atom. The third-order valence-electron chi connectivity index (χ3n) is 2.94. The van der Waals surface area contributed by atoms with E-state index in [2.05, 4.69) is 32.9 Å². The molecule has 0 aliphatic heterocycles. The standard InChI is InChI=1S/C15H29NO/c1-5-7-8-9-10-11-14(3)13-16(12-6-2)15(4)17/h7-8,14H,5-6,9-13H2,1-4H3/b8-7-. The molecule has 1 atom stereocenters. The van der Waals surface area contributed by atoms with Crippen molar-refractivity contribution in [3.63, 3.8) is 0 Å². The van der Waals surface area contributed by atoms with Crippen molar-refractivity contribution in [3.05, 3.63) is 12.2 Å². The van der Waals surface area contributed by atoms with Crippen LogP contribution in [0.15, 0.2) is 12.2 Å². The summed E-state index contributed by atoms with van der Waals surface area (Å²) in [4.78, 5) is 13.4. The molecule has 0 bridgehead atoms. The second kappa shape index (κ2) is 10.4. The fourth-order valence-corrected chi connectivity index (χ4v) is 1.98. The minimum Gasteiger partial charge on any atom is -0.343 e. The van der Waals surface area contributed by atoms with Crippen LogP contribution >= 0.6 is 0 Å². The number of amides is 1. The summed E-state index contributed by atoms with van der Waals surface area (Å²) in [5.41, 5.74) is 0. The summed E-state index contributed by atoms with van der Waals surface area (Å²) in [7, 11) is 0. The first-order chi connectivity index (χ1) is 8.11.